The van der Waals surface area contributed by atoms with Crippen molar-refractivity contribution in [1.82, 2.24) is 5.32 Å². The molecule has 1 aromatic rings. The van der Waals surface area contributed by atoms with Crippen LogP contribution in [0.25, 0.3) is 0 Å². The number of nitrogens with one attached hydrogen (secondary N) is 1. The lowest BCUT2D eigenvalue weighted by Crippen LogP contribution is -2.28. The van der Waals surface area contributed by atoms with E-state index in [0.717, 1.165) is 19.0 Å². The summed E-state index contributed by atoms with van der Waals surface area (Å²) in [6.45, 7) is 3.73. The van der Waals surface area contributed by atoms with Gasteiger partial charge in [0.05, 0.1) is 6.61 Å². The van der Waals surface area contributed by atoms with Gasteiger partial charge in [-0.15, -0.1) is 0 Å². The fourth-order valence-corrected chi connectivity index (χ4v) is 1.43. The number of hydrogen-bond acceptors (Lipinski definition) is 2. The van der Waals surface area contributed by atoms with Crippen molar-refractivity contribution in [3.05, 3.63) is 35.1 Å². The summed E-state index contributed by atoms with van der Waals surface area (Å²) in [6.07, 6.45) is -6.35. The molecule has 1 rings (SSSR count). The van der Waals surface area contributed by atoms with Gasteiger partial charge in [-0.1, -0.05) is 13.0 Å². The van der Waals surface area contributed by atoms with Gasteiger partial charge in [0.15, 0.2) is 6.10 Å². The molecule has 0 spiro atoms. The largest absolute Gasteiger partial charge is 0.414 e. The zero-order chi connectivity index (χ0) is 14.5. The van der Waals surface area contributed by atoms with Crippen molar-refractivity contribution < 1.29 is 22.3 Å². The molecule has 0 radical (unpaired) electrons. The first-order chi connectivity index (χ1) is 8.84. The van der Waals surface area contributed by atoms with Crippen LogP contribution in [0.1, 0.15) is 25.0 Å². The fraction of sp³-hybridized carbons (Fsp3) is 0.538. The van der Waals surface area contributed by atoms with Gasteiger partial charge in [-0.3, -0.25) is 0 Å². The Morgan fingerprint density at radius 3 is 2.58 bits per heavy atom. The second-order valence-corrected chi connectivity index (χ2v) is 4.20. The summed E-state index contributed by atoms with van der Waals surface area (Å²) in [4.78, 5) is 0. The molecule has 1 N–H and O–H groups in total. The van der Waals surface area contributed by atoms with E-state index >= 15 is 0 Å². The predicted octanol–water partition coefficient (Wildman–Crippen LogP) is 3.40. The second-order valence-electron chi connectivity index (χ2n) is 4.20. The molecule has 2 nitrogen and oxygen atoms in total. The Bertz CT molecular complexity index is 406. The van der Waals surface area contributed by atoms with E-state index < -0.39 is 24.7 Å². The summed E-state index contributed by atoms with van der Waals surface area (Å²) in [5, 5.41) is 3.06. The van der Waals surface area contributed by atoms with Crippen LogP contribution in [0.3, 0.4) is 0 Å². The second kappa shape index (κ2) is 6.86. The fourth-order valence-electron chi connectivity index (χ4n) is 1.43. The van der Waals surface area contributed by atoms with Crippen molar-refractivity contribution in [3.63, 3.8) is 0 Å². The molecular weight excluding hydrogens is 262 g/mol. The van der Waals surface area contributed by atoms with Gasteiger partial charge >= 0.3 is 6.18 Å². The van der Waals surface area contributed by atoms with Crippen LogP contribution in [-0.2, 0) is 17.9 Å². The van der Waals surface area contributed by atoms with Gasteiger partial charge in [-0.05, 0) is 31.2 Å². The molecule has 1 atom stereocenters. The SMILES string of the molecule is CCNCc1ccc(F)c(COC(C)C(F)(F)F)c1. The first-order valence-corrected chi connectivity index (χ1v) is 6.01. The minimum atomic E-state index is -4.43. The van der Waals surface area contributed by atoms with E-state index in [4.69, 9.17) is 0 Å². The van der Waals surface area contributed by atoms with Crippen molar-refractivity contribution >= 4 is 0 Å². The molecule has 0 heterocycles. The number of alkyl halides is 3. The maximum Gasteiger partial charge on any atom is 0.414 e. The standard InChI is InChI=1S/C13H17F4NO/c1-3-18-7-10-4-5-12(14)11(6-10)8-19-9(2)13(15,16)17/h4-6,9,18H,3,7-8H2,1-2H3. The molecule has 108 valence electrons. The third-order valence-electron chi connectivity index (χ3n) is 2.64. The predicted molar refractivity (Wildman–Crippen MR) is 64.1 cm³/mol. The number of rotatable bonds is 6. The van der Waals surface area contributed by atoms with Crippen molar-refractivity contribution in [1.29, 1.82) is 0 Å². The quantitative estimate of drug-likeness (QED) is 0.806. The molecule has 0 aliphatic heterocycles. The van der Waals surface area contributed by atoms with Crippen LogP contribution < -0.4 is 5.32 Å². The number of hydrogen-bond donors (Lipinski definition) is 1. The summed E-state index contributed by atoms with van der Waals surface area (Å²) in [5.41, 5.74) is 0.938. The molecule has 0 aromatic heterocycles. The molecule has 0 fully saturated rings. The lowest BCUT2D eigenvalue weighted by molar-refractivity contribution is -0.217. The van der Waals surface area contributed by atoms with Crippen LogP contribution >= 0.6 is 0 Å². The van der Waals surface area contributed by atoms with Crippen molar-refractivity contribution in [3.8, 4) is 0 Å². The van der Waals surface area contributed by atoms with Crippen LogP contribution in [0, 0.1) is 5.82 Å². The van der Waals surface area contributed by atoms with Gasteiger partial charge < -0.3 is 10.1 Å². The number of halogens is 4. The molecular formula is C13H17F4NO. The smallest absolute Gasteiger partial charge is 0.364 e. The number of ether oxygens (including phenoxy) is 1. The molecule has 1 unspecified atom stereocenters. The zero-order valence-electron chi connectivity index (χ0n) is 10.9. The molecule has 6 heteroatoms. The van der Waals surface area contributed by atoms with Gasteiger partial charge in [0.25, 0.3) is 0 Å². The maximum absolute atomic E-state index is 13.5. The van der Waals surface area contributed by atoms with E-state index in [2.05, 4.69) is 10.1 Å². The Morgan fingerprint density at radius 1 is 1.32 bits per heavy atom. The molecule has 0 aliphatic carbocycles. The highest BCUT2D eigenvalue weighted by Crippen LogP contribution is 2.23. The highest BCUT2D eigenvalue weighted by atomic mass is 19.4. The molecule has 0 saturated carbocycles. The zero-order valence-corrected chi connectivity index (χ0v) is 10.9. The molecule has 1 aromatic carbocycles. The summed E-state index contributed by atoms with van der Waals surface area (Å²) >= 11 is 0. The monoisotopic (exact) mass is 279 g/mol. The van der Waals surface area contributed by atoms with Gasteiger partial charge in [-0.2, -0.15) is 13.2 Å². The highest BCUT2D eigenvalue weighted by Gasteiger charge is 2.36. The summed E-state index contributed by atoms with van der Waals surface area (Å²) in [6, 6.07) is 4.35. The lowest BCUT2D eigenvalue weighted by Gasteiger charge is -2.17. The average molecular weight is 279 g/mol. The van der Waals surface area contributed by atoms with Gasteiger partial charge in [0.2, 0.25) is 0 Å². The third-order valence-corrected chi connectivity index (χ3v) is 2.64. The normalized spacial score (nSPS) is 13.6. The minimum Gasteiger partial charge on any atom is -0.364 e. The van der Waals surface area contributed by atoms with Crippen molar-refractivity contribution in [2.24, 2.45) is 0 Å². The van der Waals surface area contributed by atoms with E-state index in [1.807, 2.05) is 6.92 Å². The average Bonchev–Trinajstić information content (AvgIpc) is 2.34. The first kappa shape index (κ1) is 15.9. The van der Waals surface area contributed by atoms with E-state index in [9.17, 15) is 17.6 Å². The van der Waals surface area contributed by atoms with Crippen molar-refractivity contribution in [2.75, 3.05) is 6.54 Å². The molecule has 0 bridgehead atoms. The Hall–Kier alpha value is -1.14. The molecule has 0 amide bonds. The van der Waals surface area contributed by atoms with E-state index in [1.165, 1.54) is 12.1 Å². The van der Waals surface area contributed by atoms with E-state index in [-0.39, 0.29) is 5.56 Å². The maximum atomic E-state index is 13.5. The Labute approximate surface area is 109 Å². The van der Waals surface area contributed by atoms with Crippen LogP contribution in [0.4, 0.5) is 17.6 Å². The Balaban J connectivity index is 2.66. The topological polar surface area (TPSA) is 21.3 Å². The van der Waals surface area contributed by atoms with E-state index in [0.29, 0.717) is 6.54 Å². The van der Waals surface area contributed by atoms with Crippen molar-refractivity contribution in [2.45, 2.75) is 39.3 Å². The van der Waals surface area contributed by atoms with E-state index in [1.54, 1.807) is 6.07 Å². The summed E-state index contributed by atoms with van der Waals surface area (Å²) in [7, 11) is 0. The van der Waals surface area contributed by atoms with Crippen LogP contribution in [-0.4, -0.2) is 18.8 Å². The van der Waals surface area contributed by atoms with Crippen LogP contribution in [0.5, 0.6) is 0 Å². The van der Waals surface area contributed by atoms with Crippen LogP contribution in [0.15, 0.2) is 18.2 Å². The minimum absolute atomic E-state index is 0.131. The number of benzene rings is 1. The lowest BCUT2D eigenvalue weighted by atomic mass is 10.1. The Morgan fingerprint density at radius 2 is 2.00 bits per heavy atom. The highest BCUT2D eigenvalue weighted by molar-refractivity contribution is 5.24. The first-order valence-electron chi connectivity index (χ1n) is 6.01. The molecule has 0 aliphatic rings. The molecule has 0 saturated heterocycles. The van der Waals surface area contributed by atoms with Gasteiger partial charge in [0.1, 0.15) is 5.82 Å². The van der Waals surface area contributed by atoms with Gasteiger partial charge in [-0.25, -0.2) is 4.39 Å². The van der Waals surface area contributed by atoms with Crippen LogP contribution in [0.2, 0.25) is 0 Å². The Kier molecular flexibility index (Phi) is 5.75. The summed E-state index contributed by atoms with van der Waals surface area (Å²) in [5.74, 6) is -0.561. The van der Waals surface area contributed by atoms with Gasteiger partial charge in [0, 0.05) is 12.1 Å². The summed E-state index contributed by atoms with van der Waals surface area (Å²) < 4.78 is 54.9. The third kappa shape index (κ3) is 5.16. The molecule has 19 heavy (non-hydrogen) atoms.